The van der Waals surface area contributed by atoms with Crippen LogP contribution in [-0.2, 0) is 14.3 Å². The zero-order valence-electron chi connectivity index (χ0n) is 11.0. The van der Waals surface area contributed by atoms with E-state index in [0.717, 1.165) is 6.42 Å². The van der Waals surface area contributed by atoms with Crippen LogP contribution in [0.3, 0.4) is 0 Å². The lowest BCUT2D eigenvalue weighted by Gasteiger charge is -2.28. The fourth-order valence-electron chi connectivity index (χ4n) is 1.69. The highest BCUT2D eigenvalue weighted by molar-refractivity contribution is 5.77. The standard InChI is InChI=1S/C12H22N2O3/c1-8(11(16)17-12(2,3)4)14-9-5-6-10(15)13-7-9/h8-9,14H,5-7H2,1-4H3,(H,13,15). The van der Waals surface area contributed by atoms with Gasteiger partial charge in [-0.3, -0.25) is 9.59 Å². The van der Waals surface area contributed by atoms with Gasteiger partial charge in [0.15, 0.2) is 0 Å². The minimum atomic E-state index is -0.464. The Balaban J connectivity index is 2.36. The molecule has 1 saturated heterocycles. The summed E-state index contributed by atoms with van der Waals surface area (Å²) >= 11 is 0. The van der Waals surface area contributed by atoms with Crippen LogP contribution < -0.4 is 10.6 Å². The molecule has 0 spiro atoms. The summed E-state index contributed by atoms with van der Waals surface area (Å²) in [6.45, 7) is 7.89. The quantitative estimate of drug-likeness (QED) is 0.711. The predicted octanol–water partition coefficient (Wildman–Crippen LogP) is 0.585. The minimum absolute atomic E-state index is 0.0768. The summed E-state index contributed by atoms with van der Waals surface area (Å²) < 4.78 is 5.27. The fourth-order valence-corrected chi connectivity index (χ4v) is 1.69. The highest BCUT2D eigenvalue weighted by Crippen LogP contribution is 2.10. The molecule has 0 aromatic heterocycles. The van der Waals surface area contributed by atoms with Crippen LogP contribution in [-0.4, -0.2) is 36.1 Å². The Bertz CT molecular complexity index is 287. The summed E-state index contributed by atoms with van der Waals surface area (Å²) in [4.78, 5) is 22.7. The second-order valence-corrected chi connectivity index (χ2v) is 5.46. The number of carbonyl (C=O) groups is 2. The molecule has 1 amide bonds. The Labute approximate surface area is 102 Å². The number of hydrogen-bond acceptors (Lipinski definition) is 4. The topological polar surface area (TPSA) is 67.4 Å². The van der Waals surface area contributed by atoms with Gasteiger partial charge in [0.05, 0.1) is 0 Å². The van der Waals surface area contributed by atoms with Gasteiger partial charge in [0.25, 0.3) is 0 Å². The molecule has 1 aliphatic heterocycles. The summed E-state index contributed by atoms with van der Waals surface area (Å²) in [5.41, 5.74) is -0.464. The van der Waals surface area contributed by atoms with Crippen molar-refractivity contribution in [2.24, 2.45) is 0 Å². The molecule has 1 fully saturated rings. The Kier molecular flexibility index (Phi) is 4.51. The van der Waals surface area contributed by atoms with Crippen molar-refractivity contribution in [1.82, 2.24) is 10.6 Å². The number of esters is 1. The average molecular weight is 242 g/mol. The van der Waals surface area contributed by atoms with E-state index in [0.29, 0.717) is 13.0 Å². The van der Waals surface area contributed by atoms with Crippen LogP contribution in [0.25, 0.3) is 0 Å². The van der Waals surface area contributed by atoms with Crippen molar-refractivity contribution in [3.8, 4) is 0 Å². The molecular weight excluding hydrogens is 220 g/mol. The number of amides is 1. The molecule has 2 N–H and O–H groups in total. The molecule has 1 aliphatic rings. The maximum absolute atomic E-state index is 11.7. The molecule has 0 aromatic rings. The number of rotatable bonds is 3. The van der Waals surface area contributed by atoms with Gasteiger partial charge in [-0.25, -0.2) is 0 Å². The first-order chi connectivity index (χ1) is 7.78. The lowest BCUT2D eigenvalue weighted by atomic mass is 10.1. The Hall–Kier alpha value is -1.10. The number of nitrogens with one attached hydrogen (secondary N) is 2. The van der Waals surface area contributed by atoms with Gasteiger partial charge in [-0.1, -0.05) is 0 Å². The Morgan fingerprint density at radius 2 is 2.18 bits per heavy atom. The summed E-state index contributed by atoms with van der Waals surface area (Å²) in [6.07, 6.45) is 1.28. The van der Waals surface area contributed by atoms with Gasteiger partial charge in [0.2, 0.25) is 5.91 Å². The molecule has 0 saturated carbocycles. The van der Waals surface area contributed by atoms with E-state index in [2.05, 4.69) is 10.6 Å². The van der Waals surface area contributed by atoms with Crippen molar-refractivity contribution in [2.45, 2.75) is 58.2 Å². The van der Waals surface area contributed by atoms with Gasteiger partial charge in [-0.2, -0.15) is 0 Å². The second kappa shape index (κ2) is 5.49. The third-order valence-electron chi connectivity index (χ3n) is 2.51. The molecule has 98 valence electrons. The van der Waals surface area contributed by atoms with Crippen LogP contribution >= 0.6 is 0 Å². The first-order valence-electron chi connectivity index (χ1n) is 6.03. The number of piperidine rings is 1. The van der Waals surface area contributed by atoms with Crippen LogP contribution in [0.5, 0.6) is 0 Å². The van der Waals surface area contributed by atoms with Gasteiger partial charge >= 0.3 is 5.97 Å². The minimum Gasteiger partial charge on any atom is -0.459 e. The molecule has 0 aliphatic carbocycles. The zero-order valence-corrected chi connectivity index (χ0v) is 11.0. The van der Waals surface area contributed by atoms with E-state index in [1.165, 1.54) is 0 Å². The van der Waals surface area contributed by atoms with E-state index in [-0.39, 0.29) is 24.0 Å². The first-order valence-corrected chi connectivity index (χ1v) is 6.03. The molecule has 2 unspecified atom stereocenters. The van der Waals surface area contributed by atoms with E-state index in [1.807, 2.05) is 20.8 Å². The van der Waals surface area contributed by atoms with Crippen LogP contribution in [0, 0.1) is 0 Å². The average Bonchev–Trinajstić information content (AvgIpc) is 2.19. The molecule has 1 heterocycles. The largest absolute Gasteiger partial charge is 0.459 e. The molecule has 2 atom stereocenters. The van der Waals surface area contributed by atoms with Crippen LogP contribution in [0.1, 0.15) is 40.5 Å². The molecule has 17 heavy (non-hydrogen) atoms. The van der Waals surface area contributed by atoms with Gasteiger partial charge in [-0.15, -0.1) is 0 Å². The van der Waals surface area contributed by atoms with Gasteiger partial charge < -0.3 is 15.4 Å². The van der Waals surface area contributed by atoms with Crippen LogP contribution in [0.4, 0.5) is 0 Å². The third-order valence-corrected chi connectivity index (χ3v) is 2.51. The van der Waals surface area contributed by atoms with Crippen molar-refractivity contribution < 1.29 is 14.3 Å². The number of ether oxygens (including phenoxy) is 1. The first kappa shape index (κ1) is 14.0. The van der Waals surface area contributed by atoms with Gasteiger partial charge in [-0.05, 0) is 34.1 Å². The second-order valence-electron chi connectivity index (χ2n) is 5.46. The Morgan fingerprint density at radius 1 is 1.53 bits per heavy atom. The van der Waals surface area contributed by atoms with E-state index in [9.17, 15) is 9.59 Å². The lowest BCUT2D eigenvalue weighted by Crippen LogP contribution is -2.51. The molecule has 0 radical (unpaired) electrons. The normalized spacial score (nSPS) is 22.8. The highest BCUT2D eigenvalue weighted by Gasteiger charge is 2.25. The van der Waals surface area contributed by atoms with Crippen LogP contribution in [0.2, 0.25) is 0 Å². The molecular formula is C12H22N2O3. The molecule has 5 nitrogen and oxygen atoms in total. The summed E-state index contributed by atoms with van der Waals surface area (Å²) in [5.74, 6) is -0.178. The van der Waals surface area contributed by atoms with Crippen molar-refractivity contribution in [3.63, 3.8) is 0 Å². The number of carbonyl (C=O) groups excluding carboxylic acids is 2. The monoisotopic (exact) mass is 242 g/mol. The number of hydrogen-bond donors (Lipinski definition) is 2. The zero-order chi connectivity index (χ0) is 13.1. The van der Waals surface area contributed by atoms with Crippen LogP contribution in [0.15, 0.2) is 0 Å². The fraction of sp³-hybridized carbons (Fsp3) is 0.833. The maximum atomic E-state index is 11.7. The molecule has 0 aromatic carbocycles. The van der Waals surface area contributed by atoms with E-state index in [4.69, 9.17) is 4.74 Å². The SMILES string of the molecule is CC(NC1CCC(=O)NC1)C(=O)OC(C)(C)C. The maximum Gasteiger partial charge on any atom is 0.323 e. The van der Waals surface area contributed by atoms with Crippen molar-refractivity contribution >= 4 is 11.9 Å². The van der Waals surface area contributed by atoms with Crippen molar-refractivity contribution in [2.75, 3.05) is 6.54 Å². The molecule has 0 bridgehead atoms. The smallest absolute Gasteiger partial charge is 0.323 e. The van der Waals surface area contributed by atoms with E-state index < -0.39 is 5.60 Å². The predicted molar refractivity (Wildman–Crippen MR) is 64.5 cm³/mol. The van der Waals surface area contributed by atoms with Gasteiger partial charge in [0, 0.05) is 19.0 Å². The summed E-state index contributed by atoms with van der Waals surface area (Å²) in [7, 11) is 0. The molecule has 5 heteroatoms. The van der Waals surface area contributed by atoms with E-state index in [1.54, 1.807) is 6.92 Å². The highest BCUT2D eigenvalue weighted by atomic mass is 16.6. The summed E-state index contributed by atoms with van der Waals surface area (Å²) in [6, 6.07) is -0.204. The lowest BCUT2D eigenvalue weighted by molar-refractivity contribution is -0.157. The third kappa shape index (κ3) is 5.17. The van der Waals surface area contributed by atoms with E-state index >= 15 is 0 Å². The van der Waals surface area contributed by atoms with Crippen molar-refractivity contribution in [1.29, 1.82) is 0 Å². The molecule has 1 rings (SSSR count). The Morgan fingerprint density at radius 3 is 2.65 bits per heavy atom. The van der Waals surface area contributed by atoms with Gasteiger partial charge in [0.1, 0.15) is 11.6 Å². The summed E-state index contributed by atoms with van der Waals surface area (Å²) in [5, 5.41) is 5.94. The van der Waals surface area contributed by atoms with Crippen molar-refractivity contribution in [3.05, 3.63) is 0 Å².